The number of aryl methyl sites for hydroxylation is 10. The van der Waals surface area contributed by atoms with Gasteiger partial charge in [0.05, 0.1) is 0 Å². The standard InChI is InChI=1S/C25H36NO2P.C22H30NO2P.2C21H28NO2P.C20H26NO2P/c1-18-10-11-22(21(15-18)26-12-8-7-9-13-26)29-23-16-19(2)14-20(25(3,4)5)24(23)28-17-27-6;1-16-8-9-20(19(13-16)23-10-6-5-7-11-23)26-21-14-17(2)12-18(3)22(21)25-15-24-4;1-16-8-10-20(18(13-16)22-11-5-4-6-12-22)25-21-14-17(2)7-9-19(21)24-15-23-3;1-16-10-11-19(18(14-16)22-12-5-4-6-13-22)25-20-9-7-8-17(2)21(20)24-15-23-3;1-16-10-11-19(17(14-16)21-12-6-3-7-13-21)24-20-9-5-4-8-18(20)23-15-22-2/h10-11,14-16,29H,7-9,12-13,17H2,1-6H3;8-9,12-14,26H,5-7,10-11,15H2,1-4H3;7-10,13-14,25H,4-6,11-12,15H2,1-3H3;7-11,14,25H,4-6,12-13,15H2,1-3H3;4-5,8-11,14,24H,3,6-7,12-13,15H2,1-2H3. The van der Waals surface area contributed by atoms with Crippen molar-refractivity contribution in [1.82, 2.24) is 0 Å². The second-order valence-corrected chi connectivity index (χ2v) is 42.7. The molecule has 10 aromatic carbocycles. The van der Waals surface area contributed by atoms with Gasteiger partial charge in [0.2, 0.25) is 0 Å². The van der Waals surface area contributed by atoms with Gasteiger partial charge in [0.15, 0.2) is 34.0 Å². The fourth-order valence-electron chi connectivity index (χ4n) is 17.4. The summed E-state index contributed by atoms with van der Waals surface area (Å²) in [7, 11) is 11.2. The van der Waals surface area contributed by atoms with Crippen molar-refractivity contribution in [2.75, 3.05) is 159 Å². The van der Waals surface area contributed by atoms with Crippen molar-refractivity contribution in [2.45, 2.75) is 192 Å². The van der Waals surface area contributed by atoms with E-state index in [1.165, 1.54) is 286 Å². The minimum atomic E-state index is 0.0112. The Morgan fingerprint density at radius 3 is 0.884 bits per heavy atom. The average molecular weight is 1840 g/mol. The zero-order valence-electron chi connectivity index (χ0n) is 80.8. The van der Waals surface area contributed by atoms with Crippen molar-refractivity contribution in [3.8, 4) is 28.7 Å². The van der Waals surface area contributed by atoms with Gasteiger partial charge in [-0.25, -0.2) is 0 Å². The molecule has 20 heteroatoms. The van der Waals surface area contributed by atoms with E-state index in [-0.39, 0.29) is 39.4 Å². The Bertz CT molecular complexity index is 5080. The van der Waals surface area contributed by atoms with E-state index in [0.717, 1.165) is 47.4 Å². The first-order valence-electron chi connectivity index (χ1n) is 46.8. The van der Waals surface area contributed by atoms with E-state index in [2.05, 4.69) is 278 Å². The first-order valence-corrected chi connectivity index (χ1v) is 51.8. The molecule has 5 aliphatic rings. The Morgan fingerprint density at radius 2 is 0.512 bits per heavy atom. The van der Waals surface area contributed by atoms with Crippen molar-refractivity contribution >= 4 is 124 Å². The Kier molecular flexibility index (Phi) is 41.4. The fraction of sp³-hybridized carbons (Fsp3) is 0.450. The third-order valence-electron chi connectivity index (χ3n) is 23.9. The SMILES string of the molecule is COCOc1c(C)cc(C)cc1Pc1ccc(C)cc1N1CCCCC1.COCOc1c(C)cccc1Pc1ccc(C)cc1N1CCCCC1.COCOc1c(Pc2ccc(C)cc2N2CCCCC2)cc(C)cc1C(C)(C)C.COCOc1ccc(C)cc1Pc1ccc(C)cc1N1CCCCC1.COCOc1ccccc1Pc1ccc(C)cc1N1CCCCC1. The molecule has 0 aromatic heterocycles. The lowest BCUT2D eigenvalue weighted by Gasteiger charge is -2.31. The Balaban J connectivity index is 0.000000156. The molecule has 0 saturated carbocycles. The number of nitrogens with zero attached hydrogens (tertiary/aromatic N) is 5. The predicted molar refractivity (Wildman–Crippen MR) is 561 cm³/mol. The number of hydrogen-bond donors (Lipinski definition) is 0. The van der Waals surface area contributed by atoms with Gasteiger partial charge in [0.1, 0.15) is 28.7 Å². The predicted octanol–water partition coefficient (Wildman–Crippen LogP) is 20.8. The topological polar surface area (TPSA) is 109 Å². The van der Waals surface area contributed by atoms with Gasteiger partial charge in [-0.3, -0.25) is 0 Å². The van der Waals surface area contributed by atoms with E-state index in [0.29, 0.717) is 42.9 Å². The van der Waals surface area contributed by atoms with Crippen LogP contribution < -0.4 is 101 Å². The van der Waals surface area contributed by atoms with Crippen LogP contribution in [0.4, 0.5) is 28.4 Å². The number of hydrogen-bond acceptors (Lipinski definition) is 15. The Hall–Kier alpha value is -7.85. The summed E-state index contributed by atoms with van der Waals surface area (Å²) in [6, 6.07) is 64.4. The van der Waals surface area contributed by atoms with Crippen molar-refractivity contribution in [3.63, 3.8) is 0 Å². The molecule has 5 saturated heterocycles. The highest BCUT2D eigenvalue weighted by Gasteiger charge is 2.27. The molecule has 0 amide bonds. The van der Waals surface area contributed by atoms with Crippen LogP contribution >= 0.6 is 42.9 Å². The first-order chi connectivity index (χ1) is 62.5. The van der Waals surface area contributed by atoms with Crippen molar-refractivity contribution < 1.29 is 47.4 Å². The second kappa shape index (κ2) is 52.6. The Labute approximate surface area is 783 Å². The van der Waals surface area contributed by atoms with Gasteiger partial charge in [-0.1, -0.05) is 184 Å². The zero-order chi connectivity index (χ0) is 91.6. The highest BCUT2D eigenvalue weighted by atomic mass is 31.1. The number of piperidine rings is 5. The minimum Gasteiger partial charge on any atom is -0.467 e. The van der Waals surface area contributed by atoms with Crippen LogP contribution in [0.1, 0.15) is 178 Å². The minimum absolute atomic E-state index is 0.0112. The van der Waals surface area contributed by atoms with E-state index in [1.54, 1.807) is 35.5 Å². The van der Waals surface area contributed by atoms with Gasteiger partial charge in [-0.15, -0.1) is 0 Å². The van der Waals surface area contributed by atoms with Gasteiger partial charge < -0.3 is 71.9 Å². The second-order valence-electron chi connectivity index (χ2n) is 36.1. The van der Waals surface area contributed by atoms with E-state index in [9.17, 15) is 0 Å². The molecule has 0 radical (unpaired) electrons. The maximum Gasteiger partial charge on any atom is 0.188 e. The van der Waals surface area contributed by atoms with Crippen LogP contribution in [0.15, 0.2) is 176 Å². The molecule has 0 bridgehead atoms. The van der Waals surface area contributed by atoms with Crippen LogP contribution in [-0.4, -0.2) is 135 Å². The number of methoxy groups -OCH3 is 5. The molecule has 5 unspecified atom stereocenters. The lowest BCUT2D eigenvalue weighted by Crippen LogP contribution is -2.32. The summed E-state index contributed by atoms with van der Waals surface area (Å²) in [5.74, 6) is 4.78. The highest BCUT2D eigenvalue weighted by Crippen LogP contribution is 2.39. The molecular formula is C109H148N5O10P5. The van der Waals surface area contributed by atoms with Crippen LogP contribution in [0.25, 0.3) is 0 Å². The molecule has 15 rings (SSSR count). The molecule has 5 fully saturated rings. The molecule has 0 N–H and O–H groups in total. The summed E-state index contributed by atoms with van der Waals surface area (Å²) in [6.45, 7) is 41.4. The van der Waals surface area contributed by atoms with E-state index in [4.69, 9.17) is 47.4 Å². The van der Waals surface area contributed by atoms with Gasteiger partial charge in [0, 0.05) is 188 Å². The van der Waals surface area contributed by atoms with Crippen LogP contribution in [0.2, 0.25) is 0 Å². The van der Waals surface area contributed by atoms with Crippen molar-refractivity contribution in [1.29, 1.82) is 0 Å². The van der Waals surface area contributed by atoms with Crippen LogP contribution in [0.5, 0.6) is 28.7 Å². The maximum absolute atomic E-state index is 6.15. The highest BCUT2D eigenvalue weighted by molar-refractivity contribution is 7.57. The smallest absolute Gasteiger partial charge is 0.188 e. The molecular weight excluding hydrogens is 1690 g/mol. The monoisotopic (exact) mass is 1840 g/mol. The quantitative estimate of drug-likeness (QED) is 0.0315. The molecule has 5 atom stereocenters. The van der Waals surface area contributed by atoms with E-state index in [1.807, 2.05) is 12.1 Å². The fourth-order valence-corrected chi connectivity index (χ4v) is 24.3. The van der Waals surface area contributed by atoms with Crippen molar-refractivity contribution in [3.05, 3.63) is 237 Å². The third-order valence-corrected chi connectivity index (χ3v) is 30.7. The maximum atomic E-state index is 6.15. The van der Waals surface area contributed by atoms with Gasteiger partial charge in [-0.05, 0) is 282 Å². The average Bonchev–Trinajstić information content (AvgIpc) is 0.788. The van der Waals surface area contributed by atoms with Gasteiger partial charge in [0.25, 0.3) is 0 Å². The number of ether oxygens (including phenoxy) is 10. The zero-order valence-corrected chi connectivity index (χ0v) is 85.8. The Morgan fingerprint density at radius 1 is 0.233 bits per heavy atom. The number of anilines is 5. The number of rotatable bonds is 30. The largest absolute Gasteiger partial charge is 0.467 e. The van der Waals surface area contributed by atoms with Gasteiger partial charge >= 0.3 is 0 Å². The van der Waals surface area contributed by atoms with Crippen molar-refractivity contribution in [2.24, 2.45) is 0 Å². The van der Waals surface area contributed by atoms with Crippen LogP contribution in [-0.2, 0) is 29.1 Å². The summed E-state index contributed by atoms with van der Waals surface area (Å²) in [4.78, 5) is 12.8. The van der Waals surface area contributed by atoms with E-state index < -0.39 is 0 Å². The summed E-state index contributed by atoms with van der Waals surface area (Å²) in [5, 5.41) is 13.3. The summed E-state index contributed by atoms with van der Waals surface area (Å²) < 4.78 is 55.1. The molecule has 694 valence electrons. The number of benzene rings is 10. The molecule has 0 spiro atoms. The molecule has 5 aliphatic heterocycles. The normalized spacial score (nSPS) is 15.1. The molecule has 15 nitrogen and oxygen atoms in total. The first kappa shape index (κ1) is 102. The van der Waals surface area contributed by atoms with Crippen LogP contribution in [0.3, 0.4) is 0 Å². The summed E-state index contributed by atoms with van der Waals surface area (Å²) in [6.07, 6.45) is 19.7. The number of para-hydroxylation sites is 2. The van der Waals surface area contributed by atoms with E-state index >= 15 is 0 Å². The molecule has 0 aliphatic carbocycles. The lowest BCUT2D eigenvalue weighted by atomic mass is 9.85. The lowest BCUT2D eigenvalue weighted by molar-refractivity contribution is 0.0505. The molecule has 129 heavy (non-hydrogen) atoms. The third kappa shape index (κ3) is 30.9. The summed E-state index contributed by atoms with van der Waals surface area (Å²) in [5.41, 5.74) is 21.1. The molecule has 10 aromatic rings. The molecule has 5 heterocycles. The summed E-state index contributed by atoms with van der Waals surface area (Å²) >= 11 is 0. The van der Waals surface area contributed by atoms with Gasteiger partial charge in [-0.2, -0.15) is 0 Å². The van der Waals surface area contributed by atoms with Crippen LogP contribution in [0, 0.1) is 69.2 Å².